The maximum Gasteiger partial charge on any atom is 0.225 e. The molecule has 1 aromatic carbocycles. The van der Waals surface area contributed by atoms with Gasteiger partial charge in [-0.2, -0.15) is 0 Å². The predicted octanol–water partition coefficient (Wildman–Crippen LogP) is 2.28. The third kappa shape index (κ3) is 2.65. The van der Waals surface area contributed by atoms with Crippen LogP contribution in [0, 0.1) is 0 Å². The molecule has 4 heteroatoms. The molecular formula is C16H20N4. The molecule has 0 amide bonds. The lowest BCUT2D eigenvalue weighted by Gasteiger charge is -2.15. The van der Waals surface area contributed by atoms with E-state index >= 15 is 0 Å². The molecule has 1 aliphatic rings. The fourth-order valence-corrected chi connectivity index (χ4v) is 2.54. The van der Waals surface area contributed by atoms with Gasteiger partial charge in [0.2, 0.25) is 5.95 Å². The second-order valence-electron chi connectivity index (χ2n) is 5.39. The van der Waals surface area contributed by atoms with Gasteiger partial charge < -0.3 is 10.6 Å². The molecule has 0 fully saturated rings. The summed E-state index contributed by atoms with van der Waals surface area (Å²) in [5, 5.41) is 0. The van der Waals surface area contributed by atoms with Gasteiger partial charge in [0, 0.05) is 31.5 Å². The number of nitrogens with zero attached hydrogens (tertiary/aromatic N) is 3. The molecule has 0 spiro atoms. The van der Waals surface area contributed by atoms with Crippen molar-refractivity contribution in [3.63, 3.8) is 0 Å². The minimum absolute atomic E-state index is 0.195. The number of rotatable bonds is 4. The topological polar surface area (TPSA) is 55.0 Å². The Morgan fingerprint density at radius 3 is 2.30 bits per heavy atom. The van der Waals surface area contributed by atoms with Gasteiger partial charge in [0.1, 0.15) is 0 Å². The zero-order valence-electron chi connectivity index (χ0n) is 11.8. The lowest BCUT2D eigenvalue weighted by atomic mass is 10.1. The van der Waals surface area contributed by atoms with Crippen LogP contribution >= 0.6 is 0 Å². The molecule has 1 aliphatic heterocycles. The summed E-state index contributed by atoms with van der Waals surface area (Å²) in [6.07, 6.45) is 5.63. The number of hydrogen-bond donors (Lipinski definition) is 1. The monoisotopic (exact) mass is 268 g/mol. The minimum atomic E-state index is 0.195. The SMILES string of the molecule is CCC(N)Cc1cnc(N2Cc3ccccc3C2)nc1. The van der Waals surface area contributed by atoms with E-state index in [0.717, 1.165) is 37.4 Å². The second-order valence-corrected chi connectivity index (χ2v) is 5.39. The Labute approximate surface area is 119 Å². The number of fused-ring (bicyclic) bond motifs is 1. The molecule has 0 saturated carbocycles. The summed E-state index contributed by atoms with van der Waals surface area (Å²) in [5.74, 6) is 0.801. The van der Waals surface area contributed by atoms with Gasteiger partial charge in [-0.3, -0.25) is 0 Å². The van der Waals surface area contributed by atoms with Gasteiger partial charge in [-0.15, -0.1) is 0 Å². The van der Waals surface area contributed by atoms with Crippen molar-refractivity contribution >= 4 is 5.95 Å². The first-order chi connectivity index (χ1) is 9.76. The average molecular weight is 268 g/mol. The van der Waals surface area contributed by atoms with E-state index in [-0.39, 0.29) is 6.04 Å². The number of hydrogen-bond acceptors (Lipinski definition) is 4. The van der Waals surface area contributed by atoms with Gasteiger partial charge in [-0.1, -0.05) is 31.2 Å². The molecule has 104 valence electrons. The van der Waals surface area contributed by atoms with Crippen molar-refractivity contribution in [2.24, 2.45) is 5.73 Å². The average Bonchev–Trinajstić information content (AvgIpc) is 2.91. The van der Waals surface area contributed by atoms with Crippen LogP contribution in [0.25, 0.3) is 0 Å². The molecule has 0 radical (unpaired) electrons. The van der Waals surface area contributed by atoms with E-state index in [0.29, 0.717) is 0 Å². The van der Waals surface area contributed by atoms with Crippen molar-refractivity contribution < 1.29 is 0 Å². The number of anilines is 1. The second kappa shape index (κ2) is 5.59. The summed E-state index contributed by atoms with van der Waals surface area (Å²) >= 11 is 0. The first-order valence-electron chi connectivity index (χ1n) is 7.14. The smallest absolute Gasteiger partial charge is 0.225 e. The highest BCUT2D eigenvalue weighted by Crippen LogP contribution is 2.25. The maximum absolute atomic E-state index is 5.96. The van der Waals surface area contributed by atoms with Gasteiger partial charge >= 0.3 is 0 Å². The Balaban J connectivity index is 1.70. The van der Waals surface area contributed by atoms with E-state index in [1.807, 2.05) is 12.4 Å². The summed E-state index contributed by atoms with van der Waals surface area (Å²) < 4.78 is 0. The van der Waals surface area contributed by atoms with Crippen LogP contribution in [-0.4, -0.2) is 16.0 Å². The Morgan fingerprint density at radius 1 is 1.15 bits per heavy atom. The summed E-state index contributed by atoms with van der Waals surface area (Å²) in [5.41, 5.74) is 9.81. The van der Waals surface area contributed by atoms with Crippen molar-refractivity contribution in [2.45, 2.75) is 38.9 Å². The molecule has 2 N–H and O–H groups in total. The van der Waals surface area contributed by atoms with Gasteiger partial charge in [0.15, 0.2) is 0 Å². The van der Waals surface area contributed by atoms with Gasteiger partial charge in [0.25, 0.3) is 0 Å². The van der Waals surface area contributed by atoms with Crippen LogP contribution in [0.1, 0.15) is 30.0 Å². The third-order valence-corrected chi connectivity index (χ3v) is 3.84. The highest BCUT2D eigenvalue weighted by Gasteiger charge is 2.20. The molecule has 0 aliphatic carbocycles. The first-order valence-corrected chi connectivity index (χ1v) is 7.14. The first kappa shape index (κ1) is 13.1. The molecule has 3 rings (SSSR count). The molecule has 4 nitrogen and oxygen atoms in total. The standard InChI is InChI=1S/C16H20N4/c1-2-15(17)7-12-8-18-16(19-9-12)20-10-13-5-3-4-6-14(13)11-20/h3-6,8-9,15H,2,7,10-11,17H2,1H3. The van der Waals surface area contributed by atoms with Gasteiger partial charge in [-0.25, -0.2) is 9.97 Å². The molecule has 2 heterocycles. The summed E-state index contributed by atoms with van der Waals surface area (Å²) in [7, 11) is 0. The quantitative estimate of drug-likeness (QED) is 0.924. The molecule has 1 atom stereocenters. The summed E-state index contributed by atoms with van der Waals surface area (Å²) in [4.78, 5) is 11.2. The summed E-state index contributed by atoms with van der Waals surface area (Å²) in [6, 6.07) is 8.70. The number of aromatic nitrogens is 2. The number of nitrogens with two attached hydrogens (primary N) is 1. The van der Waals surface area contributed by atoms with Crippen LogP contribution < -0.4 is 10.6 Å². The van der Waals surface area contributed by atoms with Crippen LogP contribution in [-0.2, 0) is 19.5 Å². The third-order valence-electron chi connectivity index (χ3n) is 3.84. The van der Waals surface area contributed by atoms with Crippen LogP contribution in [0.4, 0.5) is 5.95 Å². The Hall–Kier alpha value is -1.94. The van der Waals surface area contributed by atoms with Crippen molar-refractivity contribution in [3.8, 4) is 0 Å². The number of benzene rings is 1. The van der Waals surface area contributed by atoms with Gasteiger partial charge in [0.05, 0.1) is 0 Å². The predicted molar refractivity (Wildman–Crippen MR) is 80.3 cm³/mol. The van der Waals surface area contributed by atoms with Crippen molar-refractivity contribution in [3.05, 3.63) is 53.3 Å². The molecule has 1 aromatic heterocycles. The fraction of sp³-hybridized carbons (Fsp3) is 0.375. The van der Waals surface area contributed by atoms with Crippen LogP contribution in [0.3, 0.4) is 0 Å². The fourth-order valence-electron chi connectivity index (χ4n) is 2.54. The van der Waals surface area contributed by atoms with E-state index in [9.17, 15) is 0 Å². The molecule has 2 aromatic rings. The highest BCUT2D eigenvalue weighted by molar-refractivity contribution is 5.43. The normalized spacial score (nSPS) is 15.2. The maximum atomic E-state index is 5.96. The van der Waals surface area contributed by atoms with E-state index in [4.69, 9.17) is 5.73 Å². The highest BCUT2D eigenvalue weighted by atomic mass is 15.3. The van der Waals surface area contributed by atoms with E-state index < -0.39 is 0 Å². The van der Waals surface area contributed by atoms with Crippen molar-refractivity contribution in [2.75, 3.05) is 4.90 Å². The lowest BCUT2D eigenvalue weighted by molar-refractivity contribution is 0.643. The molecular weight excluding hydrogens is 248 g/mol. The zero-order valence-corrected chi connectivity index (χ0v) is 11.8. The lowest BCUT2D eigenvalue weighted by Crippen LogP contribution is -2.22. The van der Waals surface area contributed by atoms with E-state index in [1.54, 1.807) is 0 Å². The summed E-state index contributed by atoms with van der Waals surface area (Å²) in [6.45, 7) is 3.88. The molecule has 1 unspecified atom stereocenters. The Bertz CT molecular complexity index is 554. The molecule has 0 bridgehead atoms. The zero-order chi connectivity index (χ0) is 13.9. The van der Waals surface area contributed by atoms with Crippen molar-refractivity contribution in [1.82, 2.24) is 9.97 Å². The Morgan fingerprint density at radius 2 is 1.75 bits per heavy atom. The Kier molecular flexibility index (Phi) is 3.65. The van der Waals surface area contributed by atoms with Gasteiger partial charge in [-0.05, 0) is 29.5 Å². The van der Waals surface area contributed by atoms with Crippen LogP contribution in [0.15, 0.2) is 36.7 Å². The van der Waals surface area contributed by atoms with Crippen molar-refractivity contribution in [1.29, 1.82) is 0 Å². The van der Waals surface area contributed by atoms with Crippen LogP contribution in [0.2, 0.25) is 0 Å². The van der Waals surface area contributed by atoms with E-state index in [1.165, 1.54) is 11.1 Å². The molecule has 0 saturated heterocycles. The minimum Gasteiger partial charge on any atom is -0.332 e. The molecule has 20 heavy (non-hydrogen) atoms. The van der Waals surface area contributed by atoms with Crippen LogP contribution in [0.5, 0.6) is 0 Å². The van der Waals surface area contributed by atoms with E-state index in [2.05, 4.69) is 46.1 Å². The largest absolute Gasteiger partial charge is 0.332 e.